The molecule has 6 nitrogen and oxygen atoms in total. The molecular weight excluding hydrogens is 320 g/mol. The van der Waals surface area contributed by atoms with Gasteiger partial charge in [0.05, 0.1) is 0 Å². The van der Waals surface area contributed by atoms with Gasteiger partial charge in [-0.05, 0) is 52.0 Å². The van der Waals surface area contributed by atoms with Crippen LogP contribution in [0.2, 0.25) is 0 Å². The molecule has 0 saturated heterocycles. The molecule has 0 aliphatic heterocycles. The number of carbonyl (C=O) groups excluding carboxylic acids is 2. The van der Waals surface area contributed by atoms with E-state index in [0.29, 0.717) is 6.42 Å². The maximum absolute atomic E-state index is 12.4. The van der Waals surface area contributed by atoms with Crippen LogP contribution in [0, 0.1) is 17.3 Å². The van der Waals surface area contributed by atoms with Gasteiger partial charge in [0.25, 0.3) is 0 Å². The molecule has 3 N–H and O–H groups in total. The molecule has 0 aromatic rings. The van der Waals surface area contributed by atoms with Gasteiger partial charge in [0.1, 0.15) is 11.8 Å². The second kappa shape index (κ2) is 9.32. The lowest BCUT2D eigenvalue weighted by Gasteiger charge is -2.35. The fraction of sp³-hybridized carbons (Fsp3) is 0.842. The lowest BCUT2D eigenvalue weighted by atomic mass is 9.77. The number of aliphatic carboxylic acids is 1. The fourth-order valence-corrected chi connectivity index (χ4v) is 3.31. The van der Waals surface area contributed by atoms with Crippen molar-refractivity contribution in [2.45, 2.75) is 79.3 Å². The first kappa shape index (κ1) is 23.6. The molecule has 0 bridgehead atoms. The zero-order chi connectivity index (χ0) is 20.0. The van der Waals surface area contributed by atoms with Crippen LogP contribution in [0.5, 0.6) is 0 Å². The summed E-state index contributed by atoms with van der Waals surface area (Å²) in [5, 5.41) is 15.3. The normalized spacial score (nSPS) is 16.0. The van der Waals surface area contributed by atoms with E-state index in [2.05, 4.69) is 24.5 Å². The predicted molar refractivity (Wildman–Crippen MR) is 99.3 cm³/mol. The molecule has 25 heavy (non-hydrogen) atoms. The first-order valence-corrected chi connectivity index (χ1v) is 8.92. The molecular formula is C19H36N2O4. The lowest BCUT2D eigenvalue weighted by molar-refractivity contribution is -0.144. The molecule has 0 rings (SSSR count). The zero-order valence-electron chi connectivity index (χ0n) is 17.0. The topological polar surface area (TPSA) is 95.5 Å². The molecule has 0 aliphatic carbocycles. The minimum absolute atomic E-state index is 0.0257. The molecule has 0 aliphatic rings. The monoisotopic (exact) mass is 356 g/mol. The molecule has 0 aromatic carbocycles. The number of rotatable bonds is 11. The Morgan fingerprint density at radius 2 is 1.60 bits per heavy atom. The van der Waals surface area contributed by atoms with Gasteiger partial charge in [-0.3, -0.25) is 9.59 Å². The van der Waals surface area contributed by atoms with Gasteiger partial charge in [0.2, 0.25) is 5.91 Å². The van der Waals surface area contributed by atoms with Gasteiger partial charge in [-0.2, -0.15) is 0 Å². The van der Waals surface area contributed by atoms with Gasteiger partial charge in [0.15, 0.2) is 0 Å². The Hall–Kier alpha value is -1.43. The molecule has 3 atom stereocenters. The summed E-state index contributed by atoms with van der Waals surface area (Å²) in [5.74, 6) is -1.85. The minimum Gasteiger partial charge on any atom is -0.480 e. The van der Waals surface area contributed by atoms with Gasteiger partial charge in [-0.25, -0.2) is 4.79 Å². The molecule has 1 amide bonds. The van der Waals surface area contributed by atoms with Gasteiger partial charge in [-0.15, -0.1) is 0 Å². The number of Topliss-reactive ketones (excluding diaryl/α,β-unsaturated/α-hetero) is 1. The van der Waals surface area contributed by atoms with Crippen LogP contribution in [0.3, 0.4) is 0 Å². The first-order valence-electron chi connectivity index (χ1n) is 8.92. The third kappa shape index (κ3) is 9.00. The highest BCUT2D eigenvalue weighted by Gasteiger charge is 2.33. The van der Waals surface area contributed by atoms with E-state index in [0.717, 1.165) is 6.42 Å². The number of ketones is 1. The molecule has 0 fully saturated rings. The summed E-state index contributed by atoms with van der Waals surface area (Å²) in [5.41, 5.74) is -0.379. The van der Waals surface area contributed by atoms with Crippen molar-refractivity contribution >= 4 is 17.7 Å². The highest BCUT2D eigenvalue weighted by Crippen LogP contribution is 2.31. The number of carboxylic acids is 1. The van der Waals surface area contributed by atoms with Gasteiger partial charge >= 0.3 is 5.97 Å². The smallest absolute Gasteiger partial charge is 0.326 e. The Balaban J connectivity index is 4.90. The highest BCUT2D eigenvalue weighted by molar-refractivity contribution is 5.84. The molecule has 0 spiro atoms. The van der Waals surface area contributed by atoms with Gasteiger partial charge in [-0.1, -0.05) is 27.7 Å². The van der Waals surface area contributed by atoms with Gasteiger partial charge < -0.3 is 15.7 Å². The Labute approximate surface area is 152 Å². The van der Waals surface area contributed by atoms with Crippen LogP contribution < -0.4 is 10.6 Å². The highest BCUT2D eigenvalue weighted by atomic mass is 16.4. The van der Waals surface area contributed by atoms with Crippen LogP contribution in [-0.2, 0) is 14.4 Å². The summed E-state index contributed by atoms with van der Waals surface area (Å²) in [6, 6.07) is -0.984. The van der Waals surface area contributed by atoms with E-state index >= 15 is 0 Å². The van der Waals surface area contributed by atoms with Crippen molar-refractivity contribution in [3.05, 3.63) is 0 Å². The summed E-state index contributed by atoms with van der Waals surface area (Å²) in [7, 11) is 1.88. The zero-order valence-corrected chi connectivity index (χ0v) is 17.0. The van der Waals surface area contributed by atoms with Crippen molar-refractivity contribution in [3.63, 3.8) is 0 Å². The number of carboxylic acid groups (broad SMARTS) is 1. The maximum atomic E-state index is 12.4. The van der Waals surface area contributed by atoms with Crippen LogP contribution in [-0.4, -0.2) is 41.4 Å². The van der Waals surface area contributed by atoms with E-state index in [1.165, 1.54) is 6.92 Å². The van der Waals surface area contributed by atoms with Crippen molar-refractivity contribution in [2.75, 3.05) is 7.05 Å². The number of amides is 1. The Morgan fingerprint density at radius 1 is 1.08 bits per heavy atom. The van der Waals surface area contributed by atoms with E-state index < -0.39 is 12.0 Å². The maximum Gasteiger partial charge on any atom is 0.326 e. The van der Waals surface area contributed by atoms with E-state index in [4.69, 9.17) is 0 Å². The largest absolute Gasteiger partial charge is 0.480 e. The standard InChI is InChI=1S/C19H36N2O4/c1-12(14(3)22)9-13(2)16(17(24)25)21-15(23)10-18(4,5)11-19(6,7)20-8/h12-13,16,20H,9-11H2,1-8H3,(H,21,23)(H,24,25)/t12?,13?,16-/m0/s1. The number of nitrogens with one attached hydrogen (secondary N) is 2. The third-order valence-corrected chi connectivity index (χ3v) is 4.81. The Kier molecular flexibility index (Phi) is 8.79. The fourth-order valence-electron chi connectivity index (χ4n) is 3.31. The van der Waals surface area contributed by atoms with E-state index in [-0.39, 0.29) is 40.9 Å². The summed E-state index contributed by atoms with van der Waals surface area (Å²) < 4.78 is 0. The molecule has 6 heteroatoms. The lowest BCUT2D eigenvalue weighted by Crippen LogP contribution is -2.47. The Bertz CT molecular complexity index is 486. The van der Waals surface area contributed by atoms with Crippen LogP contribution >= 0.6 is 0 Å². The van der Waals surface area contributed by atoms with Crippen molar-refractivity contribution in [3.8, 4) is 0 Å². The van der Waals surface area contributed by atoms with Crippen LogP contribution in [0.15, 0.2) is 0 Å². The summed E-state index contributed by atoms with van der Waals surface area (Å²) in [6.45, 7) is 13.2. The number of hydrogen-bond acceptors (Lipinski definition) is 4. The van der Waals surface area contributed by atoms with E-state index in [1.54, 1.807) is 13.8 Å². The van der Waals surface area contributed by atoms with Crippen molar-refractivity contribution in [1.82, 2.24) is 10.6 Å². The van der Waals surface area contributed by atoms with Crippen LogP contribution in [0.25, 0.3) is 0 Å². The quantitative estimate of drug-likeness (QED) is 0.529. The molecule has 2 unspecified atom stereocenters. The average Bonchev–Trinajstić information content (AvgIpc) is 2.42. The molecule has 0 aromatic heterocycles. The van der Waals surface area contributed by atoms with Gasteiger partial charge in [0, 0.05) is 17.9 Å². The third-order valence-electron chi connectivity index (χ3n) is 4.81. The minimum atomic E-state index is -1.06. The molecule has 146 valence electrons. The molecule has 0 saturated carbocycles. The number of hydrogen-bond donors (Lipinski definition) is 3. The average molecular weight is 357 g/mol. The van der Waals surface area contributed by atoms with Crippen molar-refractivity contribution in [2.24, 2.45) is 17.3 Å². The summed E-state index contributed by atoms with van der Waals surface area (Å²) >= 11 is 0. The van der Waals surface area contributed by atoms with Crippen LogP contribution in [0.4, 0.5) is 0 Å². The van der Waals surface area contributed by atoms with E-state index in [9.17, 15) is 19.5 Å². The second-order valence-electron chi connectivity index (χ2n) is 8.76. The summed E-state index contributed by atoms with van der Waals surface area (Å²) in [6.07, 6.45) is 1.46. The SMILES string of the molecule is CNC(C)(C)CC(C)(C)CC(=O)N[C@H](C(=O)O)C(C)CC(C)C(C)=O. The summed E-state index contributed by atoms with van der Waals surface area (Å²) in [4.78, 5) is 35.4. The molecule has 0 radical (unpaired) electrons. The van der Waals surface area contributed by atoms with E-state index in [1.807, 2.05) is 20.9 Å². The number of carbonyl (C=O) groups is 3. The van der Waals surface area contributed by atoms with Crippen molar-refractivity contribution < 1.29 is 19.5 Å². The van der Waals surface area contributed by atoms with Crippen LogP contribution in [0.1, 0.15) is 67.7 Å². The first-order chi connectivity index (χ1) is 11.2. The van der Waals surface area contributed by atoms with Crippen molar-refractivity contribution in [1.29, 1.82) is 0 Å². The molecule has 0 heterocycles. The predicted octanol–water partition coefficient (Wildman–Crippen LogP) is 2.61. The second-order valence-corrected chi connectivity index (χ2v) is 8.76. The Morgan fingerprint density at radius 3 is 2.00 bits per heavy atom.